The molecule has 0 fully saturated rings. The summed E-state index contributed by atoms with van der Waals surface area (Å²) in [4.78, 5) is 14.1. The van der Waals surface area contributed by atoms with Crippen LogP contribution in [0, 0.1) is 6.92 Å². The number of hydrogen-bond donors (Lipinski definition) is 1. The molecular formula is C15H17N3O2. The van der Waals surface area contributed by atoms with Crippen LogP contribution in [0.2, 0.25) is 0 Å². The number of para-hydroxylation sites is 1. The molecule has 1 aliphatic heterocycles. The van der Waals surface area contributed by atoms with Crippen molar-refractivity contribution in [3.63, 3.8) is 0 Å². The van der Waals surface area contributed by atoms with Crippen LogP contribution in [0.1, 0.15) is 24.1 Å². The van der Waals surface area contributed by atoms with Gasteiger partial charge in [0.25, 0.3) is 0 Å². The van der Waals surface area contributed by atoms with E-state index in [0.717, 1.165) is 17.9 Å². The molecule has 0 spiro atoms. The van der Waals surface area contributed by atoms with E-state index in [1.165, 1.54) is 5.56 Å². The number of rotatable bonds is 3. The second-order valence-corrected chi connectivity index (χ2v) is 5.22. The van der Waals surface area contributed by atoms with Gasteiger partial charge in [-0.3, -0.25) is 10.1 Å². The minimum atomic E-state index is -0.0925. The van der Waals surface area contributed by atoms with Crippen molar-refractivity contribution in [1.29, 1.82) is 0 Å². The van der Waals surface area contributed by atoms with Crippen molar-refractivity contribution >= 4 is 17.5 Å². The van der Waals surface area contributed by atoms with Gasteiger partial charge in [0.15, 0.2) is 0 Å². The topological polar surface area (TPSA) is 58.4 Å². The van der Waals surface area contributed by atoms with E-state index in [1.807, 2.05) is 19.1 Å². The lowest BCUT2D eigenvalue weighted by Crippen LogP contribution is -2.32. The summed E-state index contributed by atoms with van der Waals surface area (Å²) in [5.41, 5.74) is 3.19. The fraction of sp³-hybridized carbons (Fsp3) is 0.333. The number of carbonyl (C=O) groups is 1. The minimum Gasteiger partial charge on any atom is -0.361 e. The van der Waals surface area contributed by atoms with Crippen molar-refractivity contribution in [2.45, 2.75) is 19.8 Å². The normalized spacial score (nSPS) is 17.1. The van der Waals surface area contributed by atoms with E-state index in [2.05, 4.69) is 34.4 Å². The largest absolute Gasteiger partial charge is 0.361 e. The predicted octanol–water partition coefficient (Wildman–Crippen LogP) is 2.55. The zero-order valence-electron chi connectivity index (χ0n) is 11.6. The van der Waals surface area contributed by atoms with Gasteiger partial charge >= 0.3 is 0 Å². The molecule has 104 valence electrons. The molecule has 5 nitrogen and oxygen atoms in total. The van der Waals surface area contributed by atoms with Crippen molar-refractivity contribution in [3.8, 4) is 0 Å². The molecule has 1 unspecified atom stereocenters. The Bertz CT molecular complexity index is 636. The maximum Gasteiger partial charge on any atom is 0.246 e. The Morgan fingerprint density at radius 3 is 3.05 bits per heavy atom. The SMILES string of the molecule is Cc1cc(NC(=O)CN2CC(C)c3ccccc32)on1. The minimum absolute atomic E-state index is 0.0925. The number of fused-ring (bicyclic) bond motifs is 1. The monoisotopic (exact) mass is 271 g/mol. The highest BCUT2D eigenvalue weighted by Gasteiger charge is 2.26. The van der Waals surface area contributed by atoms with E-state index in [1.54, 1.807) is 6.07 Å². The lowest BCUT2D eigenvalue weighted by molar-refractivity contribution is -0.115. The molecule has 3 rings (SSSR count). The Morgan fingerprint density at radius 1 is 1.50 bits per heavy atom. The number of carbonyl (C=O) groups excluding carboxylic acids is 1. The first-order valence-corrected chi connectivity index (χ1v) is 6.70. The van der Waals surface area contributed by atoms with Gasteiger partial charge in [0.2, 0.25) is 11.8 Å². The van der Waals surface area contributed by atoms with E-state index in [-0.39, 0.29) is 5.91 Å². The maximum atomic E-state index is 12.1. The van der Waals surface area contributed by atoms with E-state index in [0.29, 0.717) is 18.3 Å². The van der Waals surface area contributed by atoms with Gasteiger partial charge in [0, 0.05) is 24.2 Å². The summed E-state index contributed by atoms with van der Waals surface area (Å²) in [6, 6.07) is 9.93. The second-order valence-electron chi connectivity index (χ2n) is 5.22. The summed E-state index contributed by atoms with van der Waals surface area (Å²) in [5, 5.41) is 6.47. The van der Waals surface area contributed by atoms with Crippen LogP contribution in [0.5, 0.6) is 0 Å². The zero-order valence-corrected chi connectivity index (χ0v) is 11.6. The molecule has 1 atom stereocenters. The summed E-state index contributed by atoms with van der Waals surface area (Å²) >= 11 is 0. The standard InChI is InChI=1S/C15H17N3O2/c1-10-8-18(13-6-4-3-5-12(10)13)9-14(19)16-15-7-11(2)17-20-15/h3-7,10H,8-9H2,1-2H3,(H,16,19). The van der Waals surface area contributed by atoms with Crippen LogP contribution in [0.25, 0.3) is 0 Å². The van der Waals surface area contributed by atoms with Crippen LogP contribution >= 0.6 is 0 Å². The third kappa shape index (κ3) is 2.39. The Balaban J connectivity index is 1.68. The van der Waals surface area contributed by atoms with Crippen LogP contribution in [-0.2, 0) is 4.79 Å². The Labute approximate surface area is 117 Å². The lowest BCUT2D eigenvalue weighted by atomic mass is 10.0. The van der Waals surface area contributed by atoms with Gasteiger partial charge < -0.3 is 9.42 Å². The van der Waals surface area contributed by atoms with Crippen molar-refractivity contribution in [2.75, 3.05) is 23.3 Å². The molecule has 1 aromatic carbocycles. The highest BCUT2D eigenvalue weighted by Crippen LogP contribution is 2.35. The van der Waals surface area contributed by atoms with E-state index in [9.17, 15) is 4.79 Å². The van der Waals surface area contributed by atoms with Gasteiger partial charge in [-0.05, 0) is 18.6 Å². The van der Waals surface area contributed by atoms with E-state index in [4.69, 9.17) is 4.52 Å². The second kappa shape index (κ2) is 5.00. The highest BCUT2D eigenvalue weighted by molar-refractivity contribution is 5.93. The zero-order chi connectivity index (χ0) is 14.1. The number of anilines is 2. The fourth-order valence-electron chi connectivity index (χ4n) is 2.64. The lowest BCUT2D eigenvalue weighted by Gasteiger charge is -2.18. The molecule has 1 aliphatic rings. The number of amides is 1. The number of nitrogens with one attached hydrogen (secondary N) is 1. The summed E-state index contributed by atoms with van der Waals surface area (Å²) in [5.74, 6) is 0.754. The fourth-order valence-corrected chi connectivity index (χ4v) is 2.64. The summed E-state index contributed by atoms with van der Waals surface area (Å²) in [6.07, 6.45) is 0. The number of aryl methyl sites for hydroxylation is 1. The first-order valence-electron chi connectivity index (χ1n) is 6.70. The quantitative estimate of drug-likeness (QED) is 0.932. The average Bonchev–Trinajstić information content (AvgIpc) is 2.95. The van der Waals surface area contributed by atoms with Gasteiger partial charge in [-0.25, -0.2) is 0 Å². The first kappa shape index (κ1) is 12.7. The van der Waals surface area contributed by atoms with Crippen molar-refractivity contribution in [1.82, 2.24) is 5.16 Å². The molecule has 2 heterocycles. The van der Waals surface area contributed by atoms with Gasteiger partial charge in [-0.15, -0.1) is 0 Å². The number of benzene rings is 1. The number of nitrogens with zero attached hydrogens (tertiary/aromatic N) is 2. The molecule has 0 saturated carbocycles. The molecule has 1 amide bonds. The first-order chi connectivity index (χ1) is 9.63. The summed E-state index contributed by atoms with van der Waals surface area (Å²) in [6.45, 7) is 5.18. The van der Waals surface area contributed by atoms with Crippen LogP contribution < -0.4 is 10.2 Å². The predicted molar refractivity (Wildman–Crippen MR) is 76.9 cm³/mol. The van der Waals surface area contributed by atoms with Gasteiger partial charge in [-0.2, -0.15) is 0 Å². The van der Waals surface area contributed by atoms with Crippen LogP contribution in [-0.4, -0.2) is 24.2 Å². The Hall–Kier alpha value is -2.30. The van der Waals surface area contributed by atoms with E-state index < -0.39 is 0 Å². The third-order valence-corrected chi connectivity index (χ3v) is 3.53. The summed E-state index contributed by atoms with van der Waals surface area (Å²) in [7, 11) is 0. The van der Waals surface area contributed by atoms with Crippen molar-refractivity contribution < 1.29 is 9.32 Å². The van der Waals surface area contributed by atoms with Crippen molar-refractivity contribution in [3.05, 3.63) is 41.6 Å². The number of aromatic nitrogens is 1. The van der Waals surface area contributed by atoms with Crippen molar-refractivity contribution in [2.24, 2.45) is 0 Å². The van der Waals surface area contributed by atoms with Crippen LogP contribution in [0.4, 0.5) is 11.6 Å². The smallest absolute Gasteiger partial charge is 0.246 e. The van der Waals surface area contributed by atoms with E-state index >= 15 is 0 Å². The van der Waals surface area contributed by atoms with Gasteiger partial charge in [0.1, 0.15) is 0 Å². The molecule has 0 radical (unpaired) electrons. The number of hydrogen-bond acceptors (Lipinski definition) is 4. The Morgan fingerprint density at radius 2 is 2.30 bits per heavy atom. The van der Waals surface area contributed by atoms with Gasteiger partial charge in [0.05, 0.1) is 12.2 Å². The molecule has 0 aliphatic carbocycles. The third-order valence-electron chi connectivity index (χ3n) is 3.53. The molecule has 0 bridgehead atoms. The average molecular weight is 271 g/mol. The molecule has 1 N–H and O–H groups in total. The van der Waals surface area contributed by atoms with Crippen LogP contribution in [0.3, 0.4) is 0 Å². The molecule has 1 aromatic heterocycles. The summed E-state index contributed by atoms with van der Waals surface area (Å²) < 4.78 is 4.99. The highest BCUT2D eigenvalue weighted by atomic mass is 16.5. The molecule has 20 heavy (non-hydrogen) atoms. The maximum absolute atomic E-state index is 12.1. The Kier molecular flexibility index (Phi) is 3.18. The van der Waals surface area contributed by atoms with Gasteiger partial charge in [-0.1, -0.05) is 30.3 Å². The molecule has 0 saturated heterocycles. The molecule has 2 aromatic rings. The van der Waals surface area contributed by atoms with Crippen LogP contribution in [0.15, 0.2) is 34.9 Å². The molecular weight excluding hydrogens is 254 g/mol. The molecule has 5 heteroatoms.